The van der Waals surface area contributed by atoms with Gasteiger partial charge >= 0.3 is 0 Å². The Morgan fingerprint density at radius 3 is 2.53 bits per heavy atom. The molecule has 1 fully saturated rings. The van der Waals surface area contributed by atoms with E-state index in [9.17, 15) is 0 Å². The predicted octanol–water partition coefficient (Wildman–Crippen LogP) is 3.71. The van der Waals surface area contributed by atoms with Crippen LogP contribution in [0.15, 0.2) is 18.3 Å². The van der Waals surface area contributed by atoms with E-state index in [1.54, 1.807) is 7.11 Å². The molecule has 2 rings (SSSR count). The minimum atomic E-state index is 0.314. The van der Waals surface area contributed by atoms with Crippen molar-refractivity contribution in [2.75, 3.05) is 14.2 Å². The van der Waals surface area contributed by atoms with Crippen molar-refractivity contribution < 1.29 is 4.74 Å². The van der Waals surface area contributed by atoms with Gasteiger partial charge in [-0.1, -0.05) is 32.1 Å². The zero-order valence-corrected chi connectivity index (χ0v) is 12.2. The number of hydrogen-bond acceptors (Lipinski definition) is 3. The predicted molar refractivity (Wildman–Crippen MR) is 78.4 cm³/mol. The smallest absolute Gasteiger partial charge is 0.141 e. The Balaban J connectivity index is 2.17. The maximum Gasteiger partial charge on any atom is 0.141 e. The van der Waals surface area contributed by atoms with Crippen molar-refractivity contribution in [3.63, 3.8) is 0 Å². The largest absolute Gasteiger partial charge is 0.495 e. The van der Waals surface area contributed by atoms with Gasteiger partial charge in [-0.2, -0.15) is 0 Å². The number of pyridine rings is 1. The third-order valence-electron chi connectivity index (χ3n) is 4.25. The van der Waals surface area contributed by atoms with Crippen LogP contribution < -0.4 is 10.1 Å². The van der Waals surface area contributed by atoms with Gasteiger partial charge in [0.2, 0.25) is 0 Å². The van der Waals surface area contributed by atoms with E-state index in [1.165, 1.54) is 44.9 Å². The molecule has 0 aromatic carbocycles. The molecule has 19 heavy (non-hydrogen) atoms. The van der Waals surface area contributed by atoms with E-state index in [2.05, 4.69) is 10.3 Å². The van der Waals surface area contributed by atoms with Crippen molar-refractivity contribution in [3.8, 4) is 5.75 Å². The molecular weight excluding hydrogens is 236 g/mol. The first-order chi connectivity index (χ1) is 9.36. The molecule has 1 aliphatic rings. The molecule has 0 bridgehead atoms. The van der Waals surface area contributed by atoms with Crippen LogP contribution in [0.5, 0.6) is 5.75 Å². The van der Waals surface area contributed by atoms with Gasteiger partial charge in [-0.15, -0.1) is 0 Å². The highest BCUT2D eigenvalue weighted by Crippen LogP contribution is 2.35. The summed E-state index contributed by atoms with van der Waals surface area (Å²) in [6, 6.07) is 4.26. The van der Waals surface area contributed by atoms with E-state index in [0.29, 0.717) is 12.0 Å². The highest BCUT2D eigenvalue weighted by atomic mass is 16.5. The van der Waals surface area contributed by atoms with Crippen LogP contribution >= 0.6 is 0 Å². The second-order valence-corrected chi connectivity index (χ2v) is 5.46. The van der Waals surface area contributed by atoms with Crippen LogP contribution in [-0.4, -0.2) is 19.1 Å². The summed E-state index contributed by atoms with van der Waals surface area (Å²) in [4.78, 5) is 4.56. The third kappa shape index (κ3) is 3.69. The van der Waals surface area contributed by atoms with Crippen molar-refractivity contribution in [1.29, 1.82) is 0 Å². The molecule has 1 aromatic rings. The fourth-order valence-corrected chi connectivity index (χ4v) is 3.23. The Hall–Kier alpha value is -1.09. The Morgan fingerprint density at radius 2 is 1.89 bits per heavy atom. The van der Waals surface area contributed by atoms with Crippen molar-refractivity contribution in [2.45, 2.75) is 51.0 Å². The van der Waals surface area contributed by atoms with E-state index < -0.39 is 0 Å². The minimum Gasteiger partial charge on any atom is -0.495 e. The third-order valence-corrected chi connectivity index (χ3v) is 4.25. The van der Waals surface area contributed by atoms with Gasteiger partial charge in [-0.3, -0.25) is 4.98 Å². The SMILES string of the molecule is CNC(c1ncccc1OC)C1CCCCCCC1. The second kappa shape index (κ2) is 7.49. The lowest BCUT2D eigenvalue weighted by Gasteiger charge is -2.29. The number of nitrogens with one attached hydrogen (secondary N) is 1. The molecule has 1 saturated carbocycles. The summed E-state index contributed by atoms with van der Waals surface area (Å²) in [6.07, 6.45) is 11.3. The molecule has 1 N–H and O–H groups in total. The maximum atomic E-state index is 5.47. The van der Waals surface area contributed by atoms with Crippen molar-refractivity contribution in [3.05, 3.63) is 24.0 Å². The highest BCUT2D eigenvalue weighted by Gasteiger charge is 2.25. The van der Waals surface area contributed by atoms with Crippen molar-refractivity contribution in [2.24, 2.45) is 5.92 Å². The van der Waals surface area contributed by atoms with Crippen LogP contribution in [0.1, 0.15) is 56.7 Å². The lowest BCUT2D eigenvalue weighted by Crippen LogP contribution is -2.27. The van der Waals surface area contributed by atoms with Crippen LogP contribution in [0.4, 0.5) is 0 Å². The fraction of sp³-hybridized carbons (Fsp3) is 0.688. The van der Waals surface area contributed by atoms with Crippen LogP contribution in [0.3, 0.4) is 0 Å². The molecule has 1 aromatic heterocycles. The average molecular weight is 262 g/mol. The molecular formula is C16H26N2O. The molecule has 106 valence electrons. The van der Waals surface area contributed by atoms with E-state index in [4.69, 9.17) is 4.74 Å². The van der Waals surface area contributed by atoms with E-state index in [1.807, 2.05) is 25.4 Å². The Kier molecular flexibility index (Phi) is 5.64. The lowest BCUT2D eigenvalue weighted by molar-refractivity contribution is 0.287. The topological polar surface area (TPSA) is 34.2 Å². The maximum absolute atomic E-state index is 5.47. The Morgan fingerprint density at radius 1 is 1.21 bits per heavy atom. The zero-order chi connectivity index (χ0) is 13.5. The van der Waals surface area contributed by atoms with Gasteiger partial charge in [-0.05, 0) is 37.9 Å². The molecule has 0 spiro atoms. The molecule has 3 heteroatoms. The van der Waals surface area contributed by atoms with E-state index in [-0.39, 0.29) is 0 Å². The minimum absolute atomic E-state index is 0.314. The number of aromatic nitrogens is 1. The molecule has 0 aliphatic heterocycles. The van der Waals surface area contributed by atoms with Crippen LogP contribution in [0, 0.1) is 5.92 Å². The van der Waals surface area contributed by atoms with E-state index in [0.717, 1.165) is 11.4 Å². The number of rotatable bonds is 4. The molecule has 1 aliphatic carbocycles. The number of methoxy groups -OCH3 is 1. The molecule has 1 heterocycles. The first-order valence-electron chi connectivity index (χ1n) is 7.53. The van der Waals surface area contributed by atoms with Gasteiger partial charge < -0.3 is 10.1 Å². The first-order valence-corrected chi connectivity index (χ1v) is 7.53. The normalized spacial score (nSPS) is 19.5. The van der Waals surface area contributed by atoms with Crippen molar-refractivity contribution in [1.82, 2.24) is 10.3 Å². The summed E-state index contributed by atoms with van der Waals surface area (Å²) in [5.74, 6) is 1.58. The number of hydrogen-bond donors (Lipinski definition) is 1. The van der Waals surface area contributed by atoms with Crippen molar-refractivity contribution >= 4 is 0 Å². The van der Waals surface area contributed by atoms with Gasteiger partial charge in [0.1, 0.15) is 5.75 Å². The number of ether oxygens (including phenoxy) is 1. The molecule has 3 nitrogen and oxygen atoms in total. The highest BCUT2D eigenvalue weighted by molar-refractivity contribution is 5.30. The van der Waals surface area contributed by atoms with Gasteiger partial charge in [0, 0.05) is 6.20 Å². The lowest BCUT2D eigenvalue weighted by atomic mass is 9.84. The van der Waals surface area contributed by atoms with Gasteiger partial charge in [0.05, 0.1) is 18.8 Å². The summed E-state index contributed by atoms with van der Waals surface area (Å²) >= 11 is 0. The van der Waals surface area contributed by atoms with Crippen LogP contribution in [-0.2, 0) is 0 Å². The van der Waals surface area contributed by atoms with Crippen LogP contribution in [0.25, 0.3) is 0 Å². The zero-order valence-electron chi connectivity index (χ0n) is 12.2. The molecule has 0 amide bonds. The van der Waals surface area contributed by atoms with E-state index >= 15 is 0 Å². The summed E-state index contributed by atoms with van der Waals surface area (Å²) in [5, 5.41) is 3.47. The second-order valence-electron chi connectivity index (χ2n) is 5.46. The summed E-state index contributed by atoms with van der Waals surface area (Å²) in [7, 11) is 3.77. The quantitative estimate of drug-likeness (QED) is 0.898. The molecule has 0 saturated heterocycles. The summed E-state index contributed by atoms with van der Waals surface area (Å²) < 4.78 is 5.47. The average Bonchev–Trinajstić information content (AvgIpc) is 2.42. The molecule has 0 radical (unpaired) electrons. The fourth-order valence-electron chi connectivity index (χ4n) is 3.23. The summed E-state index contributed by atoms with van der Waals surface area (Å²) in [5.41, 5.74) is 1.07. The molecule has 1 unspecified atom stereocenters. The van der Waals surface area contributed by atoms with Gasteiger partial charge in [0.25, 0.3) is 0 Å². The summed E-state index contributed by atoms with van der Waals surface area (Å²) in [6.45, 7) is 0. The Bertz CT molecular complexity index is 373. The van der Waals surface area contributed by atoms with Crippen LogP contribution in [0.2, 0.25) is 0 Å². The standard InChI is InChI=1S/C16H26N2O/c1-17-15(13-9-6-4-3-5-7-10-13)16-14(19-2)11-8-12-18-16/h8,11-13,15,17H,3-7,9-10H2,1-2H3. The Labute approximate surface area is 116 Å². The van der Waals surface area contributed by atoms with Gasteiger partial charge in [-0.25, -0.2) is 0 Å². The monoisotopic (exact) mass is 262 g/mol. The first kappa shape index (κ1) is 14.3. The van der Waals surface area contributed by atoms with Gasteiger partial charge in [0.15, 0.2) is 0 Å². The molecule has 1 atom stereocenters. The number of nitrogens with zero attached hydrogens (tertiary/aromatic N) is 1.